The molecule has 0 saturated carbocycles. The Morgan fingerprint density at radius 1 is 1.50 bits per heavy atom. The van der Waals surface area contributed by atoms with Gasteiger partial charge in [0.05, 0.1) is 0 Å². The van der Waals surface area contributed by atoms with Crippen molar-refractivity contribution in [3.05, 3.63) is 35.5 Å². The van der Waals surface area contributed by atoms with Gasteiger partial charge in [-0.05, 0) is 30.7 Å². The summed E-state index contributed by atoms with van der Waals surface area (Å²) in [6.07, 6.45) is 0. The summed E-state index contributed by atoms with van der Waals surface area (Å²) >= 11 is 0. The van der Waals surface area contributed by atoms with Crippen molar-refractivity contribution < 1.29 is 13.8 Å². The Labute approximate surface area is 91.0 Å². The Kier molecular flexibility index (Phi) is 2.93. The number of aryl methyl sites for hydroxylation is 1. The van der Waals surface area contributed by atoms with Gasteiger partial charge in [0.15, 0.2) is 0 Å². The topological polar surface area (TPSA) is 74.2 Å². The summed E-state index contributed by atoms with van der Waals surface area (Å²) in [4.78, 5) is 8.40. The van der Waals surface area contributed by atoms with E-state index in [1.165, 1.54) is 6.07 Å². The van der Waals surface area contributed by atoms with Crippen LogP contribution in [0.1, 0.15) is 11.5 Å². The van der Waals surface area contributed by atoms with E-state index in [0.29, 0.717) is 17.0 Å². The first-order chi connectivity index (χ1) is 7.70. The van der Waals surface area contributed by atoms with Crippen LogP contribution in [0.5, 0.6) is 0 Å². The molecule has 0 atom stereocenters. The molecule has 0 unspecified atom stereocenters. The first-order valence-corrected chi connectivity index (χ1v) is 4.61. The predicted octanol–water partition coefficient (Wildman–Crippen LogP) is 1.57. The Bertz CT molecular complexity index is 499. The van der Waals surface area contributed by atoms with Gasteiger partial charge in [0.25, 0.3) is 5.89 Å². The summed E-state index contributed by atoms with van der Waals surface area (Å²) in [5.74, 6) is 5.27. The van der Waals surface area contributed by atoms with Crippen LogP contribution in [0, 0.1) is 12.7 Å². The lowest BCUT2D eigenvalue weighted by Gasteiger charge is -1.97. The van der Waals surface area contributed by atoms with Gasteiger partial charge in [0, 0.05) is 5.56 Å². The van der Waals surface area contributed by atoms with Crippen molar-refractivity contribution in [3.8, 4) is 11.4 Å². The van der Waals surface area contributed by atoms with E-state index < -0.39 is 0 Å². The number of benzene rings is 1. The van der Waals surface area contributed by atoms with Crippen molar-refractivity contribution in [1.29, 1.82) is 0 Å². The number of nitrogens with zero attached hydrogens (tertiary/aromatic N) is 2. The van der Waals surface area contributed by atoms with Crippen LogP contribution in [0.4, 0.5) is 4.39 Å². The third-order valence-electron chi connectivity index (χ3n) is 2.09. The Balaban J connectivity index is 2.31. The molecule has 84 valence electrons. The average Bonchev–Trinajstić information content (AvgIpc) is 2.71. The van der Waals surface area contributed by atoms with Crippen LogP contribution in [0.15, 0.2) is 22.7 Å². The number of hydrogen-bond acceptors (Lipinski definition) is 5. The molecule has 16 heavy (non-hydrogen) atoms. The number of hydrogen-bond donors (Lipinski definition) is 1. The zero-order valence-electron chi connectivity index (χ0n) is 8.61. The predicted molar refractivity (Wildman–Crippen MR) is 53.4 cm³/mol. The van der Waals surface area contributed by atoms with Crippen LogP contribution >= 0.6 is 0 Å². The van der Waals surface area contributed by atoms with Crippen LogP contribution in [-0.2, 0) is 11.4 Å². The molecule has 1 aromatic heterocycles. The maximum atomic E-state index is 13.0. The van der Waals surface area contributed by atoms with Gasteiger partial charge in [-0.3, -0.25) is 4.84 Å². The van der Waals surface area contributed by atoms with Crippen LogP contribution in [0.3, 0.4) is 0 Å². The smallest absolute Gasteiger partial charge is 0.255 e. The van der Waals surface area contributed by atoms with Gasteiger partial charge in [-0.2, -0.15) is 4.98 Å². The zero-order valence-corrected chi connectivity index (χ0v) is 8.61. The number of halogens is 1. The monoisotopic (exact) mass is 223 g/mol. The van der Waals surface area contributed by atoms with Gasteiger partial charge in [-0.25, -0.2) is 10.3 Å². The van der Waals surface area contributed by atoms with E-state index in [1.54, 1.807) is 19.1 Å². The van der Waals surface area contributed by atoms with Gasteiger partial charge in [-0.1, -0.05) is 5.16 Å². The summed E-state index contributed by atoms with van der Waals surface area (Å²) < 4.78 is 17.9. The minimum atomic E-state index is -0.266. The fourth-order valence-corrected chi connectivity index (χ4v) is 1.29. The molecule has 0 spiro atoms. The molecule has 0 bridgehead atoms. The molecule has 2 N–H and O–H groups in total. The highest BCUT2D eigenvalue weighted by atomic mass is 19.1. The van der Waals surface area contributed by atoms with E-state index >= 15 is 0 Å². The number of aromatic nitrogens is 2. The second-order valence-electron chi connectivity index (χ2n) is 3.29. The first kappa shape index (κ1) is 10.7. The maximum Gasteiger partial charge on any atom is 0.255 e. The average molecular weight is 223 g/mol. The van der Waals surface area contributed by atoms with E-state index in [9.17, 15) is 4.39 Å². The molecule has 0 aliphatic carbocycles. The summed E-state index contributed by atoms with van der Waals surface area (Å²) in [6, 6.07) is 4.59. The lowest BCUT2D eigenvalue weighted by atomic mass is 10.1. The molecule has 0 amide bonds. The molecule has 0 aliphatic rings. The van der Waals surface area contributed by atoms with E-state index in [4.69, 9.17) is 10.4 Å². The zero-order chi connectivity index (χ0) is 11.5. The fraction of sp³-hybridized carbons (Fsp3) is 0.200. The molecule has 0 fully saturated rings. The van der Waals surface area contributed by atoms with Crippen molar-refractivity contribution in [2.24, 2.45) is 5.90 Å². The highest BCUT2D eigenvalue weighted by molar-refractivity contribution is 5.55. The molecule has 2 aromatic rings. The molecule has 0 aliphatic heterocycles. The Morgan fingerprint density at radius 3 is 3.00 bits per heavy atom. The second kappa shape index (κ2) is 4.38. The SMILES string of the molecule is Cc1cc(-c2noc(CON)n2)ccc1F. The standard InChI is InChI=1S/C10H10FN3O2/c1-6-4-7(2-3-8(6)11)10-13-9(5-15-12)16-14-10/h2-4H,5,12H2,1H3. The summed E-state index contributed by atoms with van der Waals surface area (Å²) in [6.45, 7) is 1.72. The largest absolute Gasteiger partial charge is 0.336 e. The molecule has 5 nitrogen and oxygen atoms in total. The second-order valence-corrected chi connectivity index (χ2v) is 3.29. The number of rotatable bonds is 3. The number of nitrogens with two attached hydrogens (primary N) is 1. The van der Waals surface area contributed by atoms with Crippen molar-refractivity contribution in [2.75, 3.05) is 0 Å². The van der Waals surface area contributed by atoms with Crippen molar-refractivity contribution >= 4 is 0 Å². The van der Waals surface area contributed by atoms with Crippen LogP contribution in [0.25, 0.3) is 11.4 Å². The van der Waals surface area contributed by atoms with Gasteiger partial charge in [0.1, 0.15) is 12.4 Å². The normalized spacial score (nSPS) is 10.7. The molecule has 0 radical (unpaired) electrons. The molecule has 6 heteroatoms. The van der Waals surface area contributed by atoms with Gasteiger partial charge in [-0.15, -0.1) is 0 Å². The van der Waals surface area contributed by atoms with Gasteiger partial charge >= 0.3 is 0 Å². The quantitative estimate of drug-likeness (QED) is 0.799. The summed E-state index contributed by atoms with van der Waals surface area (Å²) in [7, 11) is 0. The highest BCUT2D eigenvalue weighted by Gasteiger charge is 2.09. The van der Waals surface area contributed by atoms with Crippen molar-refractivity contribution in [2.45, 2.75) is 13.5 Å². The third kappa shape index (κ3) is 2.07. The van der Waals surface area contributed by atoms with Crippen molar-refractivity contribution in [1.82, 2.24) is 10.1 Å². The summed E-state index contributed by atoms with van der Waals surface area (Å²) in [5.41, 5.74) is 1.21. The van der Waals surface area contributed by atoms with Gasteiger partial charge < -0.3 is 4.52 Å². The lowest BCUT2D eigenvalue weighted by Crippen LogP contribution is -1.98. The molecular weight excluding hydrogens is 213 g/mol. The van der Waals surface area contributed by atoms with E-state index in [-0.39, 0.29) is 18.3 Å². The van der Waals surface area contributed by atoms with E-state index in [0.717, 1.165) is 0 Å². The van der Waals surface area contributed by atoms with Crippen LogP contribution < -0.4 is 5.90 Å². The highest BCUT2D eigenvalue weighted by Crippen LogP contribution is 2.19. The van der Waals surface area contributed by atoms with Gasteiger partial charge in [0.2, 0.25) is 5.82 Å². The minimum Gasteiger partial charge on any atom is -0.336 e. The van der Waals surface area contributed by atoms with E-state index in [1.807, 2.05) is 0 Å². The molecule has 0 saturated heterocycles. The van der Waals surface area contributed by atoms with Crippen molar-refractivity contribution in [3.63, 3.8) is 0 Å². The fourth-order valence-electron chi connectivity index (χ4n) is 1.29. The Morgan fingerprint density at radius 2 is 2.31 bits per heavy atom. The molecule has 1 aromatic carbocycles. The maximum absolute atomic E-state index is 13.0. The summed E-state index contributed by atoms with van der Waals surface area (Å²) in [5, 5.41) is 3.73. The Hall–Kier alpha value is -1.79. The minimum absolute atomic E-state index is 0.0488. The van der Waals surface area contributed by atoms with Crippen LogP contribution in [0.2, 0.25) is 0 Å². The lowest BCUT2D eigenvalue weighted by molar-refractivity contribution is 0.0996. The molecular formula is C10H10FN3O2. The van der Waals surface area contributed by atoms with E-state index in [2.05, 4.69) is 15.0 Å². The molecule has 1 heterocycles. The molecule has 2 rings (SSSR count). The van der Waals surface area contributed by atoms with Crippen LogP contribution in [-0.4, -0.2) is 10.1 Å². The third-order valence-corrected chi connectivity index (χ3v) is 2.09. The first-order valence-electron chi connectivity index (χ1n) is 4.61.